The summed E-state index contributed by atoms with van der Waals surface area (Å²) >= 11 is 3.56. The topological polar surface area (TPSA) is 24.4 Å². The molecule has 2 rings (SSSR count). The quantitative estimate of drug-likeness (QED) is 0.822. The highest BCUT2D eigenvalue weighted by Gasteiger charge is 2.06. The Labute approximate surface area is 105 Å². The highest BCUT2D eigenvalue weighted by Crippen LogP contribution is 2.24. The number of nitrogens with zero attached hydrogens (tertiary/aromatic N) is 1. The summed E-state index contributed by atoms with van der Waals surface area (Å²) in [7, 11) is 0. The van der Waals surface area contributed by atoms with Crippen LogP contribution in [0.15, 0.2) is 27.7 Å². The fourth-order valence-electron chi connectivity index (χ4n) is 1.87. The molecule has 0 spiro atoms. The molecule has 1 aromatic rings. The minimum atomic E-state index is 0.964. The third-order valence-electron chi connectivity index (χ3n) is 2.78. The van der Waals surface area contributed by atoms with Crippen molar-refractivity contribution in [1.29, 1.82) is 0 Å². The van der Waals surface area contributed by atoms with Crippen LogP contribution in [0.25, 0.3) is 0 Å². The summed E-state index contributed by atoms with van der Waals surface area (Å²) in [6, 6.07) is 6.33. The molecule has 0 fully saturated rings. The van der Waals surface area contributed by atoms with Gasteiger partial charge in [0.2, 0.25) is 0 Å². The second kappa shape index (κ2) is 5.48. The van der Waals surface area contributed by atoms with Crippen LogP contribution in [-0.4, -0.2) is 12.4 Å². The molecule has 0 radical (unpaired) electrons. The summed E-state index contributed by atoms with van der Waals surface area (Å²) in [4.78, 5) is 4.57. The molecule has 0 aliphatic carbocycles. The zero-order chi connectivity index (χ0) is 11.4. The van der Waals surface area contributed by atoms with Gasteiger partial charge in [0, 0.05) is 17.4 Å². The van der Waals surface area contributed by atoms with Gasteiger partial charge in [-0.15, -0.1) is 0 Å². The Hall–Kier alpha value is -0.830. The number of anilines is 1. The van der Waals surface area contributed by atoms with Gasteiger partial charge in [-0.1, -0.05) is 12.5 Å². The molecule has 0 atom stereocenters. The van der Waals surface area contributed by atoms with E-state index in [0.717, 1.165) is 29.0 Å². The molecule has 2 nitrogen and oxygen atoms in total. The van der Waals surface area contributed by atoms with Crippen molar-refractivity contribution >= 4 is 27.5 Å². The first kappa shape index (κ1) is 11.6. The molecule has 0 amide bonds. The van der Waals surface area contributed by atoms with Gasteiger partial charge in [0.05, 0.1) is 5.69 Å². The van der Waals surface area contributed by atoms with E-state index in [1.807, 2.05) is 0 Å². The number of hydrogen-bond donors (Lipinski definition) is 1. The summed E-state index contributed by atoms with van der Waals surface area (Å²) in [5, 5.41) is 3.43. The molecule has 0 aromatic heterocycles. The van der Waals surface area contributed by atoms with E-state index in [9.17, 15) is 0 Å². The first-order chi connectivity index (χ1) is 7.75. The molecular formula is C13H17BrN2. The average Bonchev–Trinajstić information content (AvgIpc) is 2.52. The lowest BCUT2D eigenvalue weighted by atomic mass is 10.2. The number of hydrogen-bond acceptors (Lipinski definition) is 2. The Balaban J connectivity index is 2.13. The van der Waals surface area contributed by atoms with E-state index >= 15 is 0 Å². The van der Waals surface area contributed by atoms with Gasteiger partial charge >= 0.3 is 0 Å². The van der Waals surface area contributed by atoms with Crippen molar-refractivity contribution in [2.75, 3.05) is 11.9 Å². The van der Waals surface area contributed by atoms with Crippen LogP contribution in [0.3, 0.4) is 0 Å². The molecule has 1 heterocycles. The lowest BCUT2D eigenvalue weighted by Crippen LogP contribution is -2.12. The molecule has 0 saturated heterocycles. The second-order valence-electron chi connectivity index (χ2n) is 4.25. The lowest BCUT2D eigenvalue weighted by Gasteiger charge is -2.10. The van der Waals surface area contributed by atoms with Gasteiger partial charge in [-0.3, -0.25) is 4.99 Å². The van der Waals surface area contributed by atoms with Crippen molar-refractivity contribution in [3.8, 4) is 0 Å². The standard InChI is InChI=1S/C13H17BrN2/c1-10-6-7-11(14)12(9-10)16-13-5-3-2-4-8-15-13/h6-7,9H,2-5,8H2,1H3,(H,15,16). The Morgan fingerprint density at radius 2 is 2.12 bits per heavy atom. The SMILES string of the molecule is Cc1ccc(Br)c(NC2=NCCCCC2)c1. The zero-order valence-corrected chi connectivity index (χ0v) is 11.2. The largest absolute Gasteiger partial charge is 0.343 e. The van der Waals surface area contributed by atoms with Gasteiger partial charge in [-0.2, -0.15) is 0 Å². The van der Waals surface area contributed by atoms with Gasteiger partial charge in [0.15, 0.2) is 0 Å². The monoisotopic (exact) mass is 280 g/mol. The predicted molar refractivity (Wildman–Crippen MR) is 73.3 cm³/mol. The normalized spacial score (nSPS) is 16.5. The summed E-state index contributed by atoms with van der Waals surface area (Å²) in [5.41, 5.74) is 2.39. The van der Waals surface area contributed by atoms with Crippen LogP contribution in [0.1, 0.15) is 31.2 Å². The fourth-order valence-corrected chi connectivity index (χ4v) is 2.21. The summed E-state index contributed by atoms with van der Waals surface area (Å²) in [6.07, 6.45) is 4.83. The highest BCUT2D eigenvalue weighted by molar-refractivity contribution is 9.10. The van der Waals surface area contributed by atoms with E-state index in [0.29, 0.717) is 0 Å². The van der Waals surface area contributed by atoms with Crippen LogP contribution in [0.5, 0.6) is 0 Å². The van der Waals surface area contributed by atoms with Crippen LogP contribution in [0.4, 0.5) is 5.69 Å². The van der Waals surface area contributed by atoms with Crippen molar-refractivity contribution in [2.24, 2.45) is 4.99 Å². The molecule has 1 aliphatic heterocycles. The molecule has 1 aliphatic rings. The van der Waals surface area contributed by atoms with Crippen molar-refractivity contribution in [2.45, 2.75) is 32.6 Å². The molecule has 86 valence electrons. The molecule has 0 saturated carbocycles. The Bertz CT molecular complexity index is 399. The van der Waals surface area contributed by atoms with Gasteiger partial charge in [-0.05, 0) is 53.4 Å². The minimum Gasteiger partial charge on any atom is -0.343 e. The predicted octanol–water partition coefficient (Wildman–Crippen LogP) is 4.14. The number of aliphatic imine (C=N–C) groups is 1. The second-order valence-corrected chi connectivity index (χ2v) is 5.10. The van der Waals surface area contributed by atoms with Gasteiger partial charge in [0.25, 0.3) is 0 Å². The number of aryl methyl sites for hydroxylation is 1. The maximum Gasteiger partial charge on any atom is 0.101 e. The number of amidine groups is 1. The van der Waals surface area contributed by atoms with E-state index in [-0.39, 0.29) is 0 Å². The number of rotatable bonds is 1. The van der Waals surface area contributed by atoms with Crippen LogP contribution >= 0.6 is 15.9 Å². The number of nitrogens with one attached hydrogen (secondary N) is 1. The van der Waals surface area contributed by atoms with E-state index < -0.39 is 0 Å². The van der Waals surface area contributed by atoms with Crippen LogP contribution < -0.4 is 5.32 Å². The molecule has 3 heteroatoms. The van der Waals surface area contributed by atoms with E-state index in [1.54, 1.807) is 0 Å². The average molecular weight is 281 g/mol. The first-order valence-corrected chi connectivity index (χ1v) is 6.61. The van der Waals surface area contributed by atoms with Crippen LogP contribution in [0, 0.1) is 6.92 Å². The first-order valence-electron chi connectivity index (χ1n) is 5.82. The van der Waals surface area contributed by atoms with E-state index in [1.165, 1.54) is 24.8 Å². The van der Waals surface area contributed by atoms with E-state index in [2.05, 4.69) is 51.4 Å². The molecule has 1 aromatic carbocycles. The lowest BCUT2D eigenvalue weighted by molar-refractivity contribution is 0.731. The minimum absolute atomic E-state index is 0.964. The summed E-state index contributed by atoms with van der Waals surface area (Å²) < 4.78 is 1.10. The summed E-state index contributed by atoms with van der Waals surface area (Å²) in [5.74, 6) is 1.13. The van der Waals surface area contributed by atoms with E-state index in [4.69, 9.17) is 0 Å². The van der Waals surface area contributed by atoms with Crippen molar-refractivity contribution in [3.05, 3.63) is 28.2 Å². The van der Waals surface area contributed by atoms with Gasteiger partial charge in [0.1, 0.15) is 5.84 Å². The number of halogens is 1. The molecule has 0 bridgehead atoms. The third kappa shape index (κ3) is 3.08. The van der Waals surface area contributed by atoms with Crippen LogP contribution in [0.2, 0.25) is 0 Å². The zero-order valence-electron chi connectivity index (χ0n) is 9.59. The third-order valence-corrected chi connectivity index (χ3v) is 3.47. The Morgan fingerprint density at radius 3 is 3.00 bits per heavy atom. The number of benzene rings is 1. The molecule has 16 heavy (non-hydrogen) atoms. The van der Waals surface area contributed by atoms with Crippen LogP contribution in [-0.2, 0) is 0 Å². The molecule has 0 unspecified atom stereocenters. The highest BCUT2D eigenvalue weighted by atomic mass is 79.9. The maximum absolute atomic E-state index is 4.57. The van der Waals surface area contributed by atoms with Gasteiger partial charge < -0.3 is 5.32 Å². The van der Waals surface area contributed by atoms with Crippen molar-refractivity contribution in [3.63, 3.8) is 0 Å². The Kier molecular flexibility index (Phi) is 3.99. The molecule has 1 N–H and O–H groups in total. The molecular weight excluding hydrogens is 264 g/mol. The van der Waals surface area contributed by atoms with Crippen molar-refractivity contribution in [1.82, 2.24) is 0 Å². The fraction of sp³-hybridized carbons (Fsp3) is 0.462. The summed E-state index contributed by atoms with van der Waals surface area (Å²) in [6.45, 7) is 3.07. The van der Waals surface area contributed by atoms with Gasteiger partial charge in [-0.25, -0.2) is 0 Å². The smallest absolute Gasteiger partial charge is 0.101 e. The van der Waals surface area contributed by atoms with Crippen molar-refractivity contribution < 1.29 is 0 Å². The Morgan fingerprint density at radius 1 is 1.25 bits per heavy atom. The maximum atomic E-state index is 4.57.